The maximum Gasteiger partial charge on any atom is 0.300 e. The van der Waals surface area contributed by atoms with E-state index in [9.17, 15) is 28.6 Å². The zero-order chi connectivity index (χ0) is 25.4. The molecule has 0 saturated carbocycles. The van der Waals surface area contributed by atoms with Gasteiger partial charge in [-0.1, -0.05) is 23.7 Å². The Morgan fingerprint density at radius 1 is 0.971 bits per heavy atom. The summed E-state index contributed by atoms with van der Waals surface area (Å²) in [5.41, 5.74) is -0.486. The van der Waals surface area contributed by atoms with Gasteiger partial charge in [0.15, 0.2) is 0 Å². The van der Waals surface area contributed by atoms with Crippen molar-refractivity contribution in [3.05, 3.63) is 88.0 Å². The molecule has 0 spiro atoms. The lowest BCUT2D eigenvalue weighted by Crippen LogP contribution is -2.30. The zero-order valence-corrected chi connectivity index (χ0v) is 19.1. The van der Waals surface area contributed by atoms with E-state index in [1.54, 1.807) is 0 Å². The number of rotatable bonds is 5. The molecule has 3 aromatic rings. The van der Waals surface area contributed by atoms with Crippen LogP contribution in [0.15, 0.2) is 60.2 Å². The van der Waals surface area contributed by atoms with Gasteiger partial charge >= 0.3 is 0 Å². The molecular formula is C25H18ClF2NO6. The highest BCUT2D eigenvalue weighted by molar-refractivity contribution is 6.51. The molecule has 1 saturated heterocycles. The summed E-state index contributed by atoms with van der Waals surface area (Å²) in [6, 6.07) is 9.35. The number of carbonyl (C=O) groups is 2. The van der Waals surface area contributed by atoms with Crippen molar-refractivity contribution in [3.63, 3.8) is 0 Å². The number of hydrogen-bond donors (Lipinski definition) is 2. The molecule has 10 heteroatoms. The minimum absolute atomic E-state index is 0.00453. The van der Waals surface area contributed by atoms with Gasteiger partial charge in [-0.15, -0.1) is 0 Å². The van der Waals surface area contributed by atoms with Gasteiger partial charge in [-0.3, -0.25) is 14.5 Å². The first-order valence-electron chi connectivity index (χ1n) is 10.1. The van der Waals surface area contributed by atoms with Crippen LogP contribution in [0.25, 0.3) is 5.76 Å². The smallest absolute Gasteiger partial charge is 0.300 e. The van der Waals surface area contributed by atoms with Crippen LogP contribution in [-0.2, 0) is 9.59 Å². The number of aliphatic hydroxyl groups excluding tert-OH is 1. The number of carbonyl (C=O) groups excluding carboxylic acids is 2. The summed E-state index contributed by atoms with van der Waals surface area (Å²) in [4.78, 5) is 27.1. The number of phenolic OH excluding ortho intramolecular Hbond substituents is 1. The van der Waals surface area contributed by atoms with Crippen LogP contribution in [0.2, 0.25) is 5.02 Å². The Morgan fingerprint density at radius 3 is 2.23 bits per heavy atom. The maximum absolute atomic E-state index is 14.8. The van der Waals surface area contributed by atoms with Gasteiger partial charge in [-0.05, 0) is 35.9 Å². The fraction of sp³-hybridized carbons (Fsp3) is 0.120. The molecule has 2 N–H and O–H groups in total. The Morgan fingerprint density at radius 2 is 1.63 bits per heavy atom. The van der Waals surface area contributed by atoms with Crippen LogP contribution in [0.4, 0.5) is 14.5 Å². The molecule has 180 valence electrons. The third-order valence-electron chi connectivity index (χ3n) is 5.55. The van der Waals surface area contributed by atoms with Crippen molar-refractivity contribution in [3.8, 4) is 17.2 Å². The fourth-order valence-electron chi connectivity index (χ4n) is 3.92. The monoisotopic (exact) mass is 501 g/mol. The normalized spacial score (nSPS) is 17.1. The van der Waals surface area contributed by atoms with Crippen LogP contribution in [0, 0.1) is 11.6 Å². The van der Waals surface area contributed by atoms with Gasteiger partial charge in [-0.2, -0.15) is 0 Å². The average molecular weight is 502 g/mol. The SMILES string of the molecule is COc1cc(/C(O)=C2\C(=O)C(=O)N(c3ccc(F)cc3F)C2c2ccc(O)cc2)c(OC)cc1Cl. The predicted octanol–water partition coefficient (Wildman–Crippen LogP) is 4.97. The van der Waals surface area contributed by atoms with Crippen molar-refractivity contribution < 1.29 is 38.1 Å². The lowest BCUT2D eigenvalue weighted by molar-refractivity contribution is -0.132. The van der Waals surface area contributed by atoms with E-state index in [1.165, 1.54) is 50.6 Å². The van der Waals surface area contributed by atoms with Crippen molar-refractivity contribution in [2.24, 2.45) is 0 Å². The molecule has 0 aliphatic carbocycles. The summed E-state index contributed by atoms with van der Waals surface area (Å²) in [7, 11) is 2.67. The first kappa shape index (κ1) is 24.0. The van der Waals surface area contributed by atoms with Crippen LogP contribution < -0.4 is 14.4 Å². The molecule has 7 nitrogen and oxygen atoms in total. The van der Waals surface area contributed by atoms with Crippen molar-refractivity contribution in [2.45, 2.75) is 6.04 Å². The summed E-state index contributed by atoms with van der Waals surface area (Å²) in [5, 5.41) is 21.2. The molecule has 4 rings (SSSR count). The van der Waals surface area contributed by atoms with Crippen LogP contribution in [0.1, 0.15) is 17.2 Å². The number of nitrogens with zero attached hydrogens (tertiary/aromatic N) is 1. The number of Topliss-reactive ketones (excluding diaryl/α,β-unsaturated/α-hetero) is 1. The van der Waals surface area contributed by atoms with E-state index in [4.69, 9.17) is 21.1 Å². The molecule has 35 heavy (non-hydrogen) atoms. The Bertz CT molecular complexity index is 1370. The molecule has 1 atom stereocenters. The Kier molecular flexibility index (Phi) is 6.36. The van der Waals surface area contributed by atoms with Gasteiger partial charge < -0.3 is 19.7 Å². The van der Waals surface area contributed by atoms with E-state index >= 15 is 0 Å². The summed E-state index contributed by atoms with van der Waals surface area (Å²) in [5.74, 6) is -4.69. The number of ketones is 1. The van der Waals surface area contributed by atoms with Crippen molar-refractivity contribution >= 4 is 34.7 Å². The quantitative estimate of drug-likeness (QED) is 0.291. The molecule has 0 bridgehead atoms. The summed E-state index contributed by atoms with van der Waals surface area (Å²) >= 11 is 6.14. The third kappa shape index (κ3) is 4.15. The average Bonchev–Trinajstić information content (AvgIpc) is 3.09. The van der Waals surface area contributed by atoms with E-state index in [0.29, 0.717) is 6.07 Å². The Balaban J connectivity index is 2.01. The molecule has 1 amide bonds. The second kappa shape index (κ2) is 9.27. The highest BCUT2D eigenvalue weighted by atomic mass is 35.5. The number of aliphatic hydroxyl groups is 1. The molecule has 3 aromatic carbocycles. The number of methoxy groups -OCH3 is 2. The number of ether oxygens (including phenoxy) is 2. The maximum atomic E-state index is 14.8. The number of aromatic hydroxyl groups is 1. The second-order valence-corrected chi connectivity index (χ2v) is 7.95. The van der Waals surface area contributed by atoms with E-state index in [1.807, 2.05) is 0 Å². The minimum Gasteiger partial charge on any atom is -0.508 e. The number of amides is 1. The van der Waals surface area contributed by atoms with Crippen LogP contribution in [-0.4, -0.2) is 36.1 Å². The summed E-state index contributed by atoms with van der Waals surface area (Å²) < 4.78 is 38.8. The van der Waals surface area contributed by atoms with Crippen LogP contribution in [0.5, 0.6) is 17.2 Å². The van der Waals surface area contributed by atoms with E-state index in [2.05, 4.69) is 0 Å². The zero-order valence-electron chi connectivity index (χ0n) is 18.4. The van der Waals surface area contributed by atoms with Gasteiger partial charge in [0.05, 0.1) is 42.1 Å². The van der Waals surface area contributed by atoms with Crippen molar-refractivity contribution in [1.29, 1.82) is 0 Å². The van der Waals surface area contributed by atoms with Crippen molar-refractivity contribution in [2.75, 3.05) is 19.1 Å². The largest absolute Gasteiger partial charge is 0.508 e. The standard InChI is InChI=1S/C25H18ClF2NO6/c1-34-19-11-16(26)20(35-2)10-15(19)23(31)21-22(12-3-6-14(30)7-4-12)29(25(33)24(21)32)18-8-5-13(27)9-17(18)28/h3-11,22,30-31H,1-2H3/b23-21+. The number of anilines is 1. The second-order valence-electron chi connectivity index (χ2n) is 7.54. The minimum atomic E-state index is -1.32. The number of halogens is 3. The van der Waals surface area contributed by atoms with Crippen LogP contribution >= 0.6 is 11.6 Å². The molecule has 1 unspecified atom stereocenters. The van der Waals surface area contributed by atoms with Gasteiger partial charge in [-0.25, -0.2) is 8.78 Å². The first-order valence-corrected chi connectivity index (χ1v) is 10.5. The number of phenols is 1. The lowest BCUT2D eigenvalue weighted by atomic mass is 9.94. The van der Waals surface area contributed by atoms with Crippen LogP contribution in [0.3, 0.4) is 0 Å². The molecule has 1 aliphatic rings. The molecule has 1 fully saturated rings. The lowest BCUT2D eigenvalue weighted by Gasteiger charge is -2.26. The number of hydrogen-bond acceptors (Lipinski definition) is 6. The molecule has 0 aromatic heterocycles. The molecule has 0 radical (unpaired) electrons. The Labute approximate surface area is 203 Å². The Hall–Kier alpha value is -4.11. The molecular weight excluding hydrogens is 484 g/mol. The van der Waals surface area contributed by atoms with Gasteiger partial charge in [0.1, 0.15) is 34.6 Å². The van der Waals surface area contributed by atoms with Crippen molar-refractivity contribution in [1.82, 2.24) is 0 Å². The predicted molar refractivity (Wildman–Crippen MR) is 124 cm³/mol. The summed E-state index contributed by atoms with van der Waals surface area (Å²) in [6.07, 6.45) is 0. The topological polar surface area (TPSA) is 96.3 Å². The van der Waals surface area contributed by atoms with E-state index in [-0.39, 0.29) is 44.7 Å². The molecule has 1 heterocycles. The number of benzene rings is 3. The molecule has 1 aliphatic heterocycles. The first-order chi connectivity index (χ1) is 16.7. The highest BCUT2D eigenvalue weighted by Gasteiger charge is 2.48. The third-order valence-corrected chi connectivity index (χ3v) is 5.85. The summed E-state index contributed by atoms with van der Waals surface area (Å²) in [6.45, 7) is 0. The van der Waals surface area contributed by atoms with E-state index in [0.717, 1.165) is 17.0 Å². The van der Waals surface area contributed by atoms with Gasteiger partial charge in [0.25, 0.3) is 11.7 Å². The fourth-order valence-corrected chi connectivity index (χ4v) is 4.15. The van der Waals surface area contributed by atoms with Gasteiger partial charge in [0, 0.05) is 12.1 Å². The highest BCUT2D eigenvalue weighted by Crippen LogP contribution is 2.45. The van der Waals surface area contributed by atoms with Gasteiger partial charge in [0.2, 0.25) is 0 Å². The van der Waals surface area contributed by atoms with E-state index < -0.39 is 35.1 Å².